The van der Waals surface area contributed by atoms with E-state index in [1.807, 2.05) is 12.1 Å². The monoisotopic (exact) mass is 448 g/mol. The summed E-state index contributed by atoms with van der Waals surface area (Å²) in [5, 5.41) is 0. The third kappa shape index (κ3) is 3.89. The van der Waals surface area contributed by atoms with Crippen LogP contribution in [0.5, 0.6) is 0 Å². The van der Waals surface area contributed by atoms with Crippen molar-refractivity contribution in [1.29, 1.82) is 0 Å². The second-order valence-electron chi connectivity index (χ2n) is 4.42. The van der Waals surface area contributed by atoms with Gasteiger partial charge in [-0.2, -0.15) is 0 Å². The van der Waals surface area contributed by atoms with E-state index in [9.17, 15) is 4.39 Å². The van der Waals surface area contributed by atoms with Crippen molar-refractivity contribution in [1.82, 2.24) is 0 Å². The van der Waals surface area contributed by atoms with Crippen LogP contribution >= 0.6 is 47.8 Å². The highest BCUT2D eigenvalue weighted by molar-refractivity contribution is 9.11. The van der Waals surface area contributed by atoms with Gasteiger partial charge in [-0.25, -0.2) is 4.39 Å². The molecule has 0 saturated heterocycles. The second-order valence-corrected chi connectivity index (χ2v) is 7.24. The van der Waals surface area contributed by atoms with Crippen LogP contribution in [0.15, 0.2) is 45.3 Å². The van der Waals surface area contributed by atoms with Crippen molar-refractivity contribution < 1.29 is 4.39 Å². The maximum atomic E-state index is 12.9. The van der Waals surface area contributed by atoms with Crippen molar-refractivity contribution in [3.05, 3.63) is 67.9 Å². The lowest BCUT2D eigenvalue weighted by Crippen LogP contribution is -1.97. The van der Waals surface area contributed by atoms with Crippen LogP contribution in [0.25, 0.3) is 0 Å². The molecule has 19 heavy (non-hydrogen) atoms. The molecule has 1 atom stereocenters. The minimum Gasteiger partial charge on any atom is -0.207 e. The number of hydrogen-bond donors (Lipinski definition) is 0. The maximum absolute atomic E-state index is 12.9. The topological polar surface area (TPSA) is 0 Å². The fourth-order valence-corrected chi connectivity index (χ4v) is 3.99. The fraction of sp³-hybridized carbons (Fsp3) is 0.200. The molecule has 0 radical (unpaired) electrons. The van der Waals surface area contributed by atoms with E-state index in [2.05, 4.69) is 66.8 Å². The van der Waals surface area contributed by atoms with Crippen LogP contribution in [0.1, 0.15) is 21.5 Å². The molecule has 0 fully saturated rings. The molecule has 0 aliphatic heterocycles. The van der Waals surface area contributed by atoms with Gasteiger partial charge in [-0.05, 0) is 54.3 Å². The first-order valence-corrected chi connectivity index (χ1v) is 8.31. The molecular formula is C15H12Br3F. The molecule has 4 heteroatoms. The summed E-state index contributed by atoms with van der Waals surface area (Å²) in [4.78, 5) is 0.184. The molecule has 1 unspecified atom stereocenters. The van der Waals surface area contributed by atoms with Crippen LogP contribution in [0.4, 0.5) is 4.39 Å². The molecule has 2 aromatic carbocycles. The van der Waals surface area contributed by atoms with Crippen LogP contribution in [0.2, 0.25) is 0 Å². The summed E-state index contributed by atoms with van der Waals surface area (Å²) in [5.41, 5.74) is 3.48. The van der Waals surface area contributed by atoms with Crippen LogP contribution < -0.4 is 0 Å². The molecule has 2 aromatic rings. The summed E-state index contributed by atoms with van der Waals surface area (Å²) in [6.07, 6.45) is 0.814. The van der Waals surface area contributed by atoms with Gasteiger partial charge in [-0.15, -0.1) is 0 Å². The molecule has 0 saturated carbocycles. The lowest BCUT2D eigenvalue weighted by atomic mass is 10.0. The molecule has 0 N–H and O–H groups in total. The van der Waals surface area contributed by atoms with Crippen molar-refractivity contribution >= 4 is 47.8 Å². The minimum absolute atomic E-state index is 0.184. The zero-order valence-corrected chi connectivity index (χ0v) is 15.0. The average molecular weight is 451 g/mol. The van der Waals surface area contributed by atoms with Gasteiger partial charge in [-0.1, -0.05) is 59.9 Å². The first-order valence-electron chi connectivity index (χ1n) is 5.81. The van der Waals surface area contributed by atoms with Gasteiger partial charge in [0.05, 0.1) is 0 Å². The van der Waals surface area contributed by atoms with E-state index in [1.54, 1.807) is 0 Å². The fourth-order valence-electron chi connectivity index (χ4n) is 1.84. The van der Waals surface area contributed by atoms with Gasteiger partial charge in [0.25, 0.3) is 0 Å². The maximum Gasteiger partial charge on any atom is 0.123 e. The van der Waals surface area contributed by atoms with E-state index in [-0.39, 0.29) is 10.6 Å². The number of hydrogen-bond acceptors (Lipinski definition) is 0. The van der Waals surface area contributed by atoms with E-state index in [0.29, 0.717) is 0 Å². The van der Waals surface area contributed by atoms with Crippen LogP contribution in [-0.4, -0.2) is 0 Å². The molecule has 0 amide bonds. The molecule has 0 bridgehead atoms. The normalized spacial score (nSPS) is 12.5. The lowest BCUT2D eigenvalue weighted by Gasteiger charge is -2.14. The summed E-state index contributed by atoms with van der Waals surface area (Å²) in [7, 11) is 0. The Morgan fingerprint density at radius 3 is 2.32 bits per heavy atom. The summed E-state index contributed by atoms with van der Waals surface area (Å²) in [5.74, 6) is -0.200. The van der Waals surface area contributed by atoms with Gasteiger partial charge in [0, 0.05) is 13.8 Å². The van der Waals surface area contributed by atoms with Crippen LogP contribution in [-0.2, 0) is 6.42 Å². The number of benzene rings is 2. The Morgan fingerprint density at radius 2 is 1.68 bits per heavy atom. The van der Waals surface area contributed by atoms with Crippen LogP contribution in [0, 0.1) is 12.7 Å². The number of halogens is 4. The number of aryl methyl sites for hydroxylation is 1. The molecule has 0 spiro atoms. The quantitative estimate of drug-likeness (QED) is 0.479. The Balaban J connectivity index is 2.22. The highest BCUT2D eigenvalue weighted by Crippen LogP contribution is 2.35. The van der Waals surface area contributed by atoms with E-state index < -0.39 is 0 Å². The van der Waals surface area contributed by atoms with Crippen molar-refractivity contribution in [3.8, 4) is 0 Å². The Morgan fingerprint density at radius 1 is 1.05 bits per heavy atom. The molecule has 100 valence electrons. The van der Waals surface area contributed by atoms with Crippen molar-refractivity contribution in [3.63, 3.8) is 0 Å². The second kappa shape index (κ2) is 6.51. The number of alkyl halides is 1. The standard InChI is InChI=1S/C15H12Br3F/c1-9-6-14(17)12(8-13(9)16)15(18)7-10-2-4-11(19)5-3-10/h2-6,8,15H,7H2,1H3. The van der Waals surface area contributed by atoms with E-state index in [4.69, 9.17) is 0 Å². The van der Waals surface area contributed by atoms with Crippen molar-refractivity contribution in [2.45, 2.75) is 18.2 Å². The molecule has 0 aliphatic rings. The van der Waals surface area contributed by atoms with E-state index in [0.717, 1.165) is 20.9 Å². The zero-order chi connectivity index (χ0) is 14.0. The lowest BCUT2D eigenvalue weighted by molar-refractivity contribution is 0.627. The van der Waals surface area contributed by atoms with Crippen molar-refractivity contribution in [2.75, 3.05) is 0 Å². The molecule has 0 aliphatic carbocycles. The highest BCUT2D eigenvalue weighted by Gasteiger charge is 2.13. The Labute approximate surface area is 137 Å². The third-order valence-electron chi connectivity index (χ3n) is 2.94. The highest BCUT2D eigenvalue weighted by atomic mass is 79.9. The van der Waals surface area contributed by atoms with Gasteiger partial charge < -0.3 is 0 Å². The zero-order valence-electron chi connectivity index (χ0n) is 10.3. The van der Waals surface area contributed by atoms with Gasteiger partial charge in [-0.3, -0.25) is 0 Å². The molecular weight excluding hydrogens is 439 g/mol. The largest absolute Gasteiger partial charge is 0.207 e. The predicted molar refractivity (Wildman–Crippen MR) is 88.4 cm³/mol. The van der Waals surface area contributed by atoms with Gasteiger partial charge in [0.1, 0.15) is 5.82 Å². The average Bonchev–Trinajstić information content (AvgIpc) is 2.36. The van der Waals surface area contributed by atoms with E-state index in [1.165, 1.54) is 23.3 Å². The first-order chi connectivity index (χ1) is 8.97. The van der Waals surface area contributed by atoms with Crippen LogP contribution in [0.3, 0.4) is 0 Å². The smallest absolute Gasteiger partial charge is 0.123 e. The molecule has 2 rings (SSSR count). The molecule has 0 heterocycles. The molecule has 0 nitrogen and oxygen atoms in total. The SMILES string of the molecule is Cc1cc(Br)c(C(Br)Cc2ccc(F)cc2)cc1Br. The number of rotatable bonds is 3. The Hall–Kier alpha value is -0.190. The summed E-state index contributed by atoms with van der Waals surface area (Å²) in [6, 6.07) is 10.8. The van der Waals surface area contributed by atoms with Gasteiger partial charge in [0.2, 0.25) is 0 Å². The predicted octanol–water partition coefficient (Wildman–Crippen LogP) is 6.34. The minimum atomic E-state index is -0.200. The Kier molecular flexibility index (Phi) is 5.21. The summed E-state index contributed by atoms with van der Waals surface area (Å²) >= 11 is 10.9. The first kappa shape index (κ1) is 15.2. The summed E-state index contributed by atoms with van der Waals surface area (Å²) < 4.78 is 15.1. The van der Waals surface area contributed by atoms with Gasteiger partial charge in [0.15, 0.2) is 0 Å². The van der Waals surface area contributed by atoms with Crippen molar-refractivity contribution in [2.24, 2.45) is 0 Å². The van der Waals surface area contributed by atoms with E-state index >= 15 is 0 Å². The summed E-state index contributed by atoms with van der Waals surface area (Å²) in [6.45, 7) is 2.06. The Bertz CT molecular complexity index is 579. The van der Waals surface area contributed by atoms with Gasteiger partial charge >= 0.3 is 0 Å². The third-order valence-corrected chi connectivity index (χ3v) is 5.30. The molecule has 0 aromatic heterocycles.